The average molecular weight is 207 g/mol. The SMILES string of the molecule is CCOC(=O)[C@@H](N)Cc1ccccc1C. The van der Waals surface area contributed by atoms with Crippen LogP contribution < -0.4 is 5.73 Å². The number of carbonyl (C=O) groups excluding carboxylic acids is 1. The molecule has 82 valence electrons. The van der Waals surface area contributed by atoms with Crippen molar-refractivity contribution in [1.29, 1.82) is 0 Å². The van der Waals surface area contributed by atoms with E-state index >= 15 is 0 Å². The Balaban J connectivity index is 2.62. The van der Waals surface area contributed by atoms with Crippen molar-refractivity contribution >= 4 is 5.97 Å². The maximum atomic E-state index is 11.3. The van der Waals surface area contributed by atoms with E-state index in [0.717, 1.165) is 11.1 Å². The first-order valence-corrected chi connectivity index (χ1v) is 5.12. The Morgan fingerprint density at radius 1 is 1.47 bits per heavy atom. The van der Waals surface area contributed by atoms with Gasteiger partial charge in [0.2, 0.25) is 0 Å². The molecule has 1 rings (SSSR count). The zero-order chi connectivity index (χ0) is 11.3. The van der Waals surface area contributed by atoms with Crippen LogP contribution in [0.2, 0.25) is 0 Å². The molecule has 0 radical (unpaired) electrons. The minimum absolute atomic E-state index is 0.333. The van der Waals surface area contributed by atoms with Crippen LogP contribution in [-0.4, -0.2) is 18.6 Å². The van der Waals surface area contributed by atoms with Crippen LogP contribution >= 0.6 is 0 Å². The fraction of sp³-hybridized carbons (Fsp3) is 0.417. The number of ether oxygens (including phenoxy) is 1. The third kappa shape index (κ3) is 3.36. The molecule has 0 heterocycles. The Kier molecular flexibility index (Phi) is 4.31. The van der Waals surface area contributed by atoms with Gasteiger partial charge in [0.15, 0.2) is 0 Å². The summed E-state index contributed by atoms with van der Waals surface area (Å²) in [5.74, 6) is -0.333. The Morgan fingerprint density at radius 2 is 2.13 bits per heavy atom. The van der Waals surface area contributed by atoms with E-state index in [1.165, 1.54) is 0 Å². The lowest BCUT2D eigenvalue weighted by molar-refractivity contribution is -0.144. The van der Waals surface area contributed by atoms with E-state index in [1.807, 2.05) is 31.2 Å². The highest BCUT2D eigenvalue weighted by atomic mass is 16.5. The fourth-order valence-corrected chi connectivity index (χ4v) is 1.41. The van der Waals surface area contributed by atoms with Gasteiger partial charge in [-0.05, 0) is 31.4 Å². The van der Waals surface area contributed by atoms with Gasteiger partial charge in [-0.2, -0.15) is 0 Å². The van der Waals surface area contributed by atoms with Gasteiger partial charge >= 0.3 is 5.97 Å². The predicted octanol–water partition coefficient (Wildman–Crippen LogP) is 1.43. The first-order valence-electron chi connectivity index (χ1n) is 5.12. The van der Waals surface area contributed by atoms with Crippen molar-refractivity contribution in [2.24, 2.45) is 5.73 Å². The fourth-order valence-electron chi connectivity index (χ4n) is 1.41. The molecular weight excluding hydrogens is 190 g/mol. The lowest BCUT2D eigenvalue weighted by atomic mass is 10.0. The molecular formula is C12H17NO2. The van der Waals surface area contributed by atoms with Gasteiger partial charge in [-0.1, -0.05) is 24.3 Å². The number of hydrogen-bond acceptors (Lipinski definition) is 3. The lowest BCUT2D eigenvalue weighted by Crippen LogP contribution is -2.34. The van der Waals surface area contributed by atoms with Crippen LogP contribution in [0.3, 0.4) is 0 Å². The summed E-state index contributed by atoms with van der Waals surface area (Å²) in [5.41, 5.74) is 7.98. The third-order valence-corrected chi connectivity index (χ3v) is 2.29. The maximum absolute atomic E-state index is 11.3. The van der Waals surface area contributed by atoms with Crippen LogP contribution in [-0.2, 0) is 16.0 Å². The van der Waals surface area contributed by atoms with Gasteiger partial charge in [0.1, 0.15) is 6.04 Å². The average Bonchev–Trinajstić information content (AvgIpc) is 2.21. The van der Waals surface area contributed by atoms with E-state index in [0.29, 0.717) is 13.0 Å². The number of nitrogens with two attached hydrogens (primary N) is 1. The van der Waals surface area contributed by atoms with E-state index in [2.05, 4.69) is 0 Å². The summed E-state index contributed by atoms with van der Waals surface area (Å²) >= 11 is 0. The topological polar surface area (TPSA) is 52.3 Å². The van der Waals surface area contributed by atoms with Crippen molar-refractivity contribution in [3.63, 3.8) is 0 Å². The summed E-state index contributed by atoms with van der Waals surface area (Å²) in [6, 6.07) is 7.34. The second-order valence-corrected chi connectivity index (χ2v) is 3.49. The van der Waals surface area contributed by atoms with Crippen molar-refractivity contribution in [3.05, 3.63) is 35.4 Å². The maximum Gasteiger partial charge on any atom is 0.323 e. The standard InChI is InChI=1S/C12H17NO2/c1-3-15-12(14)11(13)8-10-7-5-4-6-9(10)2/h4-7,11H,3,8,13H2,1-2H3/t11-/m0/s1. The number of carbonyl (C=O) groups is 1. The highest BCUT2D eigenvalue weighted by molar-refractivity contribution is 5.75. The Bertz CT molecular complexity index is 336. The van der Waals surface area contributed by atoms with Gasteiger partial charge < -0.3 is 10.5 Å². The molecule has 3 heteroatoms. The molecule has 0 saturated carbocycles. The second kappa shape index (κ2) is 5.51. The Hall–Kier alpha value is -1.35. The van der Waals surface area contributed by atoms with Gasteiger partial charge in [0, 0.05) is 0 Å². The summed E-state index contributed by atoms with van der Waals surface area (Å²) < 4.78 is 4.85. The van der Waals surface area contributed by atoms with Crippen LogP contribution in [0.25, 0.3) is 0 Å². The number of esters is 1. The summed E-state index contributed by atoms with van der Waals surface area (Å²) in [5, 5.41) is 0. The van der Waals surface area contributed by atoms with Gasteiger partial charge in [-0.25, -0.2) is 0 Å². The molecule has 1 aromatic carbocycles. The van der Waals surface area contributed by atoms with Crippen LogP contribution in [0.1, 0.15) is 18.1 Å². The normalized spacial score (nSPS) is 12.2. The van der Waals surface area contributed by atoms with Crippen molar-refractivity contribution in [1.82, 2.24) is 0 Å². The number of hydrogen-bond donors (Lipinski definition) is 1. The molecule has 0 spiro atoms. The summed E-state index contributed by atoms with van der Waals surface area (Å²) in [4.78, 5) is 11.3. The van der Waals surface area contributed by atoms with E-state index in [4.69, 9.17) is 10.5 Å². The van der Waals surface area contributed by atoms with Crippen LogP contribution in [0.15, 0.2) is 24.3 Å². The lowest BCUT2D eigenvalue weighted by Gasteiger charge is -2.11. The molecule has 0 bridgehead atoms. The first kappa shape index (κ1) is 11.7. The van der Waals surface area contributed by atoms with E-state index in [9.17, 15) is 4.79 Å². The van der Waals surface area contributed by atoms with Gasteiger partial charge in [0.25, 0.3) is 0 Å². The van der Waals surface area contributed by atoms with Crippen molar-refractivity contribution in [2.45, 2.75) is 26.3 Å². The minimum atomic E-state index is -0.564. The molecule has 0 aliphatic heterocycles. The quantitative estimate of drug-likeness (QED) is 0.760. The molecule has 0 aliphatic carbocycles. The third-order valence-electron chi connectivity index (χ3n) is 2.29. The largest absolute Gasteiger partial charge is 0.465 e. The van der Waals surface area contributed by atoms with E-state index in [-0.39, 0.29) is 5.97 Å². The molecule has 0 unspecified atom stereocenters. The highest BCUT2D eigenvalue weighted by Gasteiger charge is 2.15. The molecule has 0 amide bonds. The second-order valence-electron chi connectivity index (χ2n) is 3.49. The molecule has 0 saturated heterocycles. The van der Waals surface area contributed by atoms with E-state index in [1.54, 1.807) is 6.92 Å². The van der Waals surface area contributed by atoms with Gasteiger partial charge in [-0.15, -0.1) is 0 Å². The minimum Gasteiger partial charge on any atom is -0.465 e. The zero-order valence-electron chi connectivity index (χ0n) is 9.19. The monoisotopic (exact) mass is 207 g/mol. The molecule has 1 aromatic rings. The first-order chi connectivity index (χ1) is 7.15. The molecule has 0 aliphatic rings. The molecule has 3 nitrogen and oxygen atoms in total. The van der Waals surface area contributed by atoms with E-state index < -0.39 is 6.04 Å². The molecule has 2 N–H and O–H groups in total. The summed E-state index contributed by atoms with van der Waals surface area (Å²) in [6.07, 6.45) is 0.533. The van der Waals surface area contributed by atoms with Crippen LogP contribution in [0, 0.1) is 6.92 Å². The van der Waals surface area contributed by atoms with Gasteiger partial charge in [0.05, 0.1) is 6.61 Å². The zero-order valence-corrected chi connectivity index (χ0v) is 9.19. The molecule has 0 fully saturated rings. The number of aryl methyl sites for hydroxylation is 1. The number of benzene rings is 1. The Morgan fingerprint density at radius 3 is 2.73 bits per heavy atom. The van der Waals surface area contributed by atoms with Crippen molar-refractivity contribution in [3.8, 4) is 0 Å². The van der Waals surface area contributed by atoms with Crippen molar-refractivity contribution < 1.29 is 9.53 Å². The Labute approximate surface area is 90.2 Å². The van der Waals surface area contributed by atoms with Crippen molar-refractivity contribution in [2.75, 3.05) is 6.61 Å². The molecule has 0 aromatic heterocycles. The predicted molar refractivity (Wildman–Crippen MR) is 59.5 cm³/mol. The summed E-state index contributed by atoms with van der Waals surface area (Å²) in [7, 11) is 0. The van der Waals surface area contributed by atoms with Crippen LogP contribution in [0.5, 0.6) is 0 Å². The molecule has 15 heavy (non-hydrogen) atoms. The molecule has 1 atom stereocenters. The highest BCUT2D eigenvalue weighted by Crippen LogP contribution is 2.09. The number of rotatable bonds is 4. The summed E-state index contributed by atoms with van der Waals surface area (Å²) in [6.45, 7) is 4.16. The van der Waals surface area contributed by atoms with Crippen LogP contribution in [0.4, 0.5) is 0 Å². The smallest absolute Gasteiger partial charge is 0.323 e. The van der Waals surface area contributed by atoms with Gasteiger partial charge in [-0.3, -0.25) is 4.79 Å².